The topological polar surface area (TPSA) is 49.9 Å². The second-order valence-corrected chi connectivity index (χ2v) is 8.44. The molecule has 1 aliphatic heterocycles. The van der Waals surface area contributed by atoms with E-state index in [0.717, 1.165) is 0 Å². The van der Waals surface area contributed by atoms with Gasteiger partial charge in [0.25, 0.3) is 11.8 Å². The fourth-order valence-corrected chi connectivity index (χ4v) is 4.05. The predicted octanol–water partition coefficient (Wildman–Crippen LogP) is 5.88. The van der Waals surface area contributed by atoms with Gasteiger partial charge in [-0.3, -0.25) is 19.4 Å². The number of hydrogen-bond acceptors (Lipinski definition) is 4. The summed E-state index contributed by atoms with van der Waals surface area (Å²) >= 11 is 11.8. The number of para-hydroxylation sites is 2. The summed E-state index contributed by atoms with van der Waals surface area (Å²) in [5.74, 6) is -0.508. The van der Waals surface area contributed by atoms with E-state index in [9.17, 15) is 9.59 Å². The molecule has 0 aromatic heterocycles. The Labute approximate surface area is 202 Å². The van der Waals surface area contributed by atoms with Gasteiger partial charge in [0.2, 0.25) is 0 Å². The first-order chi connectivity index (χ1) is 15.9. The van der Waals surface area contributed by atoms with Crippen LogP contribution in [0.3, 0.4) is 0 Å². The second-order valence-electron chi connectivity index (χ2n) is 7.64. The van der Waals surface area contributed by atoms with E-state index < -0.39 is 11.8 Å². The van der Waals surface area contributed by atoms with Crippen LogP contribution in [0.5, 0.6) is 5.75 Å². The van der Waals surface area contributed by atoms with Crippen molar-refractivity contribution in [2.24, 2.45) is 0 Å². The summed E-state index contributed by atoms with van der Waals surface area (Å²) in [4.78, 5) is 29.9. The minimum atomic E-state index is -0.515. The van der Waals surface area contributed by atoms with E-state index in [4.69, 9.17) is 28.6 Å². The van der Waals surface area contributed by atoms with Crippen LogP contribution >= 0.6 is 23.8 Å². The van der Waals surface area contributed by atoms with Crippen molar-refractivity contribution in [2.45, 2.75) is 20.0 Å². The number of carbonyl (C=O) groups excluding carboxylic acids is 2. The lowest BCUT2D eigenvalue weighted by molar-refractivity contribution is -0.120. The maximum Gasteiger partial charge on any atom is 0.270 e. The highest BCUT2D eigenvalue weighted by Crippen LogP contribution is 2.32. The van der Waals surface area contributed by atoms with E-state index in [1.807, 2.05) is 50.2 Å². The van der Waals surface area contributed by atoms with E-state index in [1.54, 1.807) is 42.5 Å². The molecule has 3 aromatic rings. The van der Waals surface area contributed by atoms with E-state index in [2.05, 4.69) is 0 Å². The zero-order chi connectivity index (χ0) is 23.5. The van der Waals surface area contributed by atoms with E-state index in [0.29, 0.717) is 27.7 Å². The summed E-state index contributed by atoms with van der Waals surface area (Å²) in [6.45, 7) is 3.80. The number of halogens is 1. The highest BCUT2D eigenvalue weighted by Gasteiger charge is 2.41. The molecule has 0 saturated carbocycles. The highest BCUT2D eigenvalue weighted by atomic mass is 35.5. The number of benzene rings is 3. The number of carbonyl (C=O) groups is 2. The summed E-state index contributed by atoms with van der Waals surface area (Å²) in [5, 5.41) is 0.549. The van der Waals surface area contributed by atoms with Crippen molar-refractivity contribution in [1.29, 1.82) is 0 Å². The van der Waals surface area contributed by atoms with Gasteiger partial charge in [-0.25, -0.2) is 0 Å². The third-order valence-electron chi connectivity index (χ3n) is 4.91. The Bertz CT molecular complexity index is 1180. The van der Waals surface area contributed by atoms with E-state index >= 15 is 0 Å². The van der Waals surface area contributed by atoms with Gasteiger partial charge in [-0.2, -0.15) is 0 Å². The van der Waals surface area contributed by atoms with Crippen molar-refractivity contribution >= 4 is 58.2 Å². The van der Waals surface area contributed by atoms with Crippen molar-refractivity contribution in [3.63, 3.8) is 0 Å². The molecule has 1 fully saturated rings. The molecule has 0 unspecified atom stereocenters. The molecule has 0 bridgehead atoms. The average Bonchev–Trinajstić information content (AvgIpc) is 2.79. The maximum atomic E-state index is 13.6. The number of ether oxygens (including phenoxy) is 1. The smallest absolute Gasteiger partial charge is 0.270 e. The fraction of sp³-hybridized carbons (Fsp3) is 0.115. The van der Waals surface area contributed by atoms with E-state index in [-0.39, 0.29) is 16.8 Å². The van der Waals surface area contributed by atoms with Crippen molar-refractivity contribution in [2.75, 3.05) is 9.80 Å². The molecule has 33 heavy (non-hydrogen) atoms. The molecule has 4 rings (SSSR count). The van der Waals surface area contributed by atoms with Crippen LogP contribution in [0.2, 0.25) is 5.02 Å². The van der Waals surface area contributed by atoms with Gasteiger partial charge in [-0.1, -0.05) is 48.0 Å². The normalized spacial score (nSPS) is 14.2. The molecular formula is C26H21ClN2O3S. The Hall–Kier alpha value is -3.48. The molecule has 2 amide bonds. The minimum Gasteiger partial charge on any atom is -0.490 e. The quantitative estimate of drug-likeness (QED) is 0.262. The first-order valence-electron chi connectivity index (χ1n) is 10.4. The van der Waals surface area contributed by atoms with Crippen LogP contribution in [0, 0.1) is 0 Å². The maximum absolute atomic E-state index is 13.6. The SMILES string of the molecule is CC(C)Oc1ccc(Cl)cc1C=C1C(=O)N(c2ccccc2)C(=S)N(c2ccccc2)C1=O. The predicted molar refractivity (Wildman–Crippen MR) is 136 cm³/mol. The number of thiocarbonyl (C=S) groups is 1. The van der Waals surface area contributed by atoms with Crippen molar-refractivity contribution in [3.8, 4) is 5.75 Å². The van der Waals surface area contributed by atoms with Crippen molar-refractivity contribution in [1.82, 2.24) is 0 Å². The summed E-state index contributed by atoms with van der Waals surface area (Å²) in [5.41, 5.74) is 1.61. The van der Waals surface area contributed by atoms with Gasteiger partial charge >= 0.3 is 0 Å². The molecule has 0 aliphatic carbocycles. The van der Waals surface area contributed by atoms with Crippen LogP contribution in [0.15, 0.2) is 84.4 Å². The standard InChI is InChI=1S/C26H21ClN2O3S/c1-17(2)32-23-14-13-19(27)15-18(23)16-22-24(30)28(20-9-5-3-6-10-20)26(33)29(25(22)31)21-11-7-4-8-12-21/h3-17H,1-2H3. The monoisotopic (exact) mass is 476 g/mol. The lowest BCUT2D eigenvalue weighted by atomic mass is 10.0. The van der Waals surface area contributed by atoms with Crippen LogP contribution in [0.25, 0.3) is 6.08 Å². The molecule has 0 N–H and O–H groups in total. The molecule has 3 aromatic carbocycles. The first kappa shape index (κ1) is 22.7. The van der Waals surface area contributed by atoms with Gasteiger partial charge in [-0.05, 0) is 74.6 Å². The summed E-state index contributed by atoms with van der Waals surface area (Å²) in [7, 11) is 0. The molecule has 166 valence electrons. The number of rotatable bonds is 5. The lowest BCUT2D eigenvalue weighted by Crippen LogP contribution is -2.56. The molecule has 1 aliphatic rings. The van der Waals surface area contributed by atoms with Gasteiger partial charge in [0.15, 0.2) is 5.11 Å². The lowest BCUT2D eigenvalue weighted by Gasteiger charge is -2.36. The zero-order valence-electron chi connectivity index (χ0n) is 18.1. The first-order valence-corrected chi connectivity index (χ1v) is 11.2. The molecule has 0 atom stereocenters. The van der Waals surface area contributed by atoms with Gasteiger partial charge in [0.1, 0.15) is 11.3 Å². The van der Waals surface area contributed by atoms with E-state index in [1.165, 1.54) is 15.9 Å². The highest BCUT2D eigenvalue weighted by molar-refractivity contribution is 7.81. The Morgan fingerprint density at radius 1 is 0.848 bits per heavy atom. The average molecular weight is 477 g/mol. The van der Waals surface area contributed by atoms with Crippen LogP contribution in [0.1, 0.15) is 19.4 Å². The minimum absolute atomic E-state index is 0.0489. The largest absolute Gasteiger partial charge is 0.490 e. The second kappa shape index (κ2) is 9.57. The molecule has 0 radical (unpaired) electrons. The number of amides is 2. The molecule has 1 saturated heterocycles. The third-order valence-corrected chi connectivity index (χ3v) is 5.51. The number of hydrogen-bond donors (Lipinski definition) is 0. The van der Waals surface area contributed by atoms with Gasteiger partial charge in [0, 0.05) is 10.6 Å². The number of nitrogens with zero attached hydrogens (tertiary/aromatic N) is 2. The van der Waals surface area contributed by atoms with Crippen molar-refractivity contribution < 1.29 is 14.3 Å². The van der Waals surface area contributed by atoms with Gasteiger partial charge < -0.3 is 4.74 Å². The van der Waals surface area contributed by atoms with Crippen LogP contribution < -0.4 is 14.5 Å². The summed E-state index contributed by atoms with van der Waals surface area (Å²) in [6, 6.07) is 23.1. The Kier molecular flexibility index (Phi) is 6.58. The van der Waals surface area contributed by atoms with Crippen molar-refractivity contribution in [3.05, 3.63) is 95.0 Å². The van der Waals surface area contributed by atoms with Crippen LogP contribution in [-0.4, -0.2) is 23.0 Å². The number of anilines is 2. The third kappa shape index (κ3) is 4.67. The fourth-order valence-electron chi connectivity index (χ4n) is 3.49. The molecule has 5 nitrogen and oxygen atoms in total. The van der Waals surface area contributed by atoms with Crippen LogP contribution in [0.4, 0.5) is 11.4 Å². The van der Waals surface area contributed by atoms with Gasteiger partial charge in [0.05, 0.1) is 17.5 Å². The Morgan fingerprint density at radius 3 is 1.85 bits per heavy atom. The van der Waals surface area contributed by atoms with Gasteiger partial charge in [-0.15, -0.1) is 0 Å². The molecule has 1 heterocycles. The Balaban J connectivity index is 1.89. The Morgan fingerprint density at radius 2 is 1.36 bits per heavy atom. The van der Waals surface area contributed by atoms with Crippen LogP contribution in [-0.2, 0) is 9.59 Å². The molecule has 0 spiro atoms. The zero-order valence-corrected chi connectivity index (χ0v) is 19.6. The molecular weight excluding hydrogens is 456 g/mol. The summed E-state index contributed by atoms with van der Waals surface area (Å²) in [6.07, 6.45) is 1.41. The summed E-state index contributed by atoms with van der Waals surface area (Å²) < 4.78 is 5.88. The molecule has 7 heteroatoms.